The van der Waals surface area contributed by atoms with Crippen LogP contribution in [0.5, 0.6) is 0 Å². The molecule has 0 aromatic rings. The van der Waals surface area contributed by atoms with Crippen LogP contribution in [0, 0.1) is 0 Å². The molecule has 1 N–H and O–H groups in total. The average Bonchev–Trinajstić information content (AvgIpc) is 2.41. The van der Waals surface area contributed by atoms with E-state index in [1.54, 1.807) is 0 Å². The molecule has 6 heteroatoms. The second-order valence-electron chi connectivity index (χ2n) is 6.30. The molecule has 0 spiro atoms. The molecule has 1 unspecified atom stereocenters. The molecule has 134 valence electrons. The van der Waals surface area contributed by atoms with Gasteiger partial charge in [-0.3, -0.25) is 0 Å². The number of aliphatic hydroxyl groups excluding tert-OH is 1. The lowest BCUT2D eigenvalue weighted by Gasteiger charge is -2.19. The van der Waals surface area contributed by atoms with Crippen molar-refractivity contribution in [3.05, 3.63) is 0 Å². The zero-order chi connectivity index (χ0) is 16.8. The fourth-order valence-electron chi connectivity index (χ4n) is 1.42. The van der Waals surface area contributed by atoms with Gasteiger partial charge in [0.05, 0.1) is 64.6 Å². The molecule has 0 aliphatic rings. The normalized spacial score (nSPS) is 13.8. The molecule has 1 atom stereocenters. The maximum absolute atomic E-state index is 9.56. The van der Waals surface area contributed by atoms with E-state index in [0.29, 0.717) is 46.2 Å². The summed E-state index contributed by atoms with van der Waals surface area (Å²) >= 11 is 0. The lowest BCUT2D eigenvalue weighted by Crippen LogP contribution is -2.24. The van der Waals surface area contributed by atoms with E-state index in [1.165, 1.54) is 0 Å². The molecular weight excluding hydrogens is 288 g/mol. The lowest BCUT2D eigenvalue weighted by molar-refractivity contribution is -0.0549. The second-order valence-corrected chi connectivity index (χ2v) is 6.30. The summed E-state index contributed by atoms with van der Waals surface area (Å²) in [6, 6.07) is 0. The Kier molecular flexibility index (Phi) is 13.1. The predicted molar refractivity (Wildman–Crippen MR) is 85.3 cm³/mol. The third-order valence-corrected chi connectivity index (χ3v) is 2.44. The Bertz CT molecular complexity index is 239. The van der Waals surface area contributed by atoms with Crippen LogP contribution < -0.4 is 0 Å². The van der Waals surface area contributed by atoms with Crippen molar-refractivity contribution < 1.29 is 28.8 Å². The summed E-state index contributed by atoms with van der Waals surface area (Å²) in [4.78, 5) is 0. The van der Waals surface area contributed by atoms with E-state index in [2.05, 4.69) is 0 Å². The average molecular weight is 322 g/mol. The van der Waals surface area contributed by atoms with Crippen LogP contribution in [-0.4, -0.2) is 75.8 Å². The van der Waals surface area contributed by atoms with Gasteiger partial charge >= 0.3 is 0 Å². The van der Waals surface area contributed by atoms with E-state index in [9.17, 15) is 5.11 Å². The van der Waals surface area contributed by atoms with E-state index in [0.717, 1.165) is 0 Å². The molecule has 0 saturated heterocycles. The highest BCUT2D eigenvalue weighted by molar-refractivity contribution is 4.57. The Balaban J connectivity index is 3.17. The van der Waals surface area contributed by atoms with Crippen LogP contribution in [0.2, 0.25) is 0 Å². The molecule has 0 aromatic heterocycles. The molecule has 0 aliphatic heterocycles. The molecule has 0 fully saturated rings. The summed E-state index contributed by atoms with van der Waals surface area (Å²) in [5.74, 6) is 0. The van der Waals surface area contributed by atoms with Crippen molar-refractivity contribution in [2.75, 3.05) is 52.9 Å². The van der Waals surface area contributed by atoms with E-state index < -0.39 is 6.10 Å². The van der Waals surface area contributed by atoms with Gasteiger partial charge in [-0.25, -0.2) is 0 Å². The van der Waals surface area contributed by atoms with E-state index in [-0.39, 0.29) is 18.3 Å². The van der Waals surface area contributed by atoms with Crippen LogP contribution >= 0.6 is 0 Å². The Morgan fingerprint density at radius 1 is 0.773 bits per heavy atom. The van der Waals surface area contributed by atoms with Crippen LogP contribution in [0.25, 0.3) is 0 Å². The maximum atomic E-state index is 9.56. The molecule has 6 nitrogen and oxygen atoms in total. The van der Waals surface area contributed by atoms with Crippen molar-refractivity contribution in [2.45, 2.75) is 52.4 Å². The Hall–Kier alpha value is -0.240. The monoisotopic (exact) mass is 322 g/mol. The minimum absolute atomic E-state index is 0.117. The van der Waals surface area contributed by atoms with Gasteiger partial charge in [-0.2, -0.15) is 0 Å². The summed E-state index contributed by atoms with van der Waals surface area (Å²) in [5.41, 5.74) is -0.123. The van der Waals surface area contributed by atoms with E-state index >= 15 is 0 Å². The molecule has 0 aliphatic carbocycles. The minimum atomic E-state index is -0.589. The number of hydrogen-bond donors (Lipinski definition) is 1. The van der Waals surface area contributed by atoms with Crippen LogP contribution in [0.4, 0.5) is 0 Å². The molecule has 0 amide bonds. The highest BCUT2D eigenvalue weighted by Gasteiger charge is 2.08. The van der Waals surface area contributed by atoms with Crippen LogP contribution in [0.15, 0.2) is 0 Å². The van der Waals surface area contributed by atoms with Crippen molar-refractivity contribution >= 4 is 0 Å². The van der Waals surface area contributed by atoms with Crippen molar-refractivity contribution in [3.8, 4) is 0 Å². The van der Waals surface area contributed by atoms with Gasteiger partial charge in [0.15, 0.2) is 0 Å². The summed E-state index contributed by atoms with van der Waals surface area (Å²) in [6.07, 6.45) is -0.472. The molecule has 0 aromatic carbocycles. The van der Waals surface area contributed by atoms with Crippen molar-refractivity contribution in [2.24, 2.45) is 0 Å². The standard InChI is InChI=1S/C16H34O6/c1-14(2)21-13-15(17)12-20-9-8-18-6-7-19-10-11-22-16(3,4)5/h14-15,17H,6-13H2,1-5H3. The highest BCUT2D eigenvalue weighted by atomic mass is 16.6. The first kappa shape index (κ1) is 21.8. The molecule has 0 saturated carbocycles. The van der Waals surface area contributed by atoms with Crippen LogP contribution in [0.1, 0.15) is 34.6 Å². The largest absolute Gasteiger partial charge is 0.388 e. The number of aliphatic hydroxyl groups is 1. The van der Waals surface area contributed by atoms with Crippen LogP contribution in [-0.2, 0) is 23.7 Å². The van der Waals surface area contributed by atoms with Gasteiger partial charge in [0.25, 0.3) is 0 Å². The van der Waals surface area contributed by atoms with Gasteiger partial charge in [-0.05, 0) is 34.6 Å². The first-order valence-electron chi connectivity index (χ1n) is 7.98. The fraction of sp³-hybridized carbons (Fsp3) is 1.00. The highest BCUT2D eigenvalue weighted by Crippen LogP contribution is 2.05. The topological polar surface area (TPSA) is 66.4 Å². The quantitative estimate of drug-likeness (QED) is 0.490. The summed E-state index contributed by atoms with van der Waals surface area (Å²) < 4.78 is 26.8. The van der Waals surface area contributed by atoms with Gasteiger partial charge in [0, 0.05) is 0 Å². The summed E-state index contributed by atoms with van der Waals surface area (Å²) in [5, 5.41) is 9.56. The fourth-order valence-corrected chi connectivity index (χ4v) is 1.42. The smallest absolute Gasteiger partial charge is 0.101 e. The third-order valence-electron chi connectivity index (χ3n) is 2.44. The molecule has 0 rings (SSSR count). The first-order valence-corrected chi connectivity index (χ1v) is 7.98. The molecular formula is C16H34O6. The molecule has 0 bridgehead atoms. The molecule has 0 radical (unpaired) electrons. The lowest BCUT2D eigenvalue weighted by atomic mass is 10.2. The Labute approximate surface area is 135 Å². The third kappa shape index (κ3) is 17.8. The zero-order valence-corrected chi connectivity index (χ0v) is 14.8. The second kappa shape index (κ2) is 13.2. The number of hydrogen-bond acceptors (Lipinski definition) is 6. The van der Waals surface area contributed by atoms with Crippen molar-refractivity contribution in [3.63, 3.8) is 0 Å². The Morgan fingerprint density at radius 2 is 1.27 bits per heavy atom. The number of ether oxygens (including phenoxy) is 5. The molecule has 22 heavy (non-hydrogen) atoms. The van der Waals surface area contributed by atoms with Gasteiger partial charge in [-0.1, -0.05) is 0 Å². The molecule has 0 heterocycles. The summed E-state index contributed by atoms with van der Waals surface area (Å²) in [7, 11) is 0. The van der Waals surface area contributed by atoms with Gasteiger partial charge in [0.2, 0.25) is 0 Å². The SMILES string of the molecule is CC(C)OCC(O)COCCOCCOCCOC(C)(C)C. The van der Waals surface area contributed by atoms with Gasteiger partial charge < -0.3 is 28.8 Å². The van der Waals surface area contributed by atoms with E-state index in [4.69, 9.17) is 23.7 Å². The number of rotatable bonds is 14. The maximum Gasteiger partial charge on any atom is 0.101 e. The summed E-state index contributed by atoms with van der Waals surface area (Å²) in [6.45, 7) is 13.6. The predicted octanol–water partition coefficient (Wildman–Crippen LogP) is 1.64. The first-order chi connectivity index (χ1) is 10.3. The Morgan fingerprint density at radius 3 is 1.77 bits per heavy atom. The van der Waals surface area contributed by atoms with Crippen molar-refractivity contribution in [1.29, 1.82) is 0 Å². The zero-order valence-electron chi connectivity index (χ0n) is 14.8. The van der Waals surface area contributed by atoms with E-state index in [1.807, 2.05) is 34.6 Å². The van der Waals surface area contributed by atoms with Gasteiger partial charge in [0.1, 0.15) is 6.10 Å². The minimum Gasteiger partial charge on any atom is -0.388 e. The van der Waals surface area contributed by atoms with Crippen molar-refractivity contribution in [1.82, 2.24) is 0 Å². The van der Waals surface area contributed by atoms with Gasteiger partial charge in [-0.15, -0.1) is 0 Å². The van der Waals surface area contributed by atoms with Crippen LogP contribution in [0.3, 0.4) is 0 Å².